The van der Waals surface area contributed by atoms with Gasteiger partial charge < -0.3 is 5.73 Å². The van der Waals surface area contributed by atoms with E-state index in [-0.39, 0.29) is 5.92 Å². The van der Waals surface area contributed by atoms with Gasteiger partial charge in [-0.15, -0.1) is 6.58 Å². The Labute approximate surface area is 420 Å². The average Bonchev–Trinajstić information content (AvgIpc) is 3.40. The Morgan fingerprint density at radius 3 is 1.96 bits per heavy atom. The Kier molecular flexibility index (Phi) is 24.6. The Balaban J connectivity index is 0.000000281. The molecule has 0 spiro atoms. The van der Waals surface area contributed by atoms with Gasteiger partial charge in [-0.25, -0.2) is 0 Å². The lowest BCUT2D eigenvalue weighted by Gasteiger charge is -2.26. The predicted octanol–water partition coefficient (Wildman–Crippen LogP) is 18.4. The third-order valence-corrected chi connectivity index (χ3v) is 11.3. The van der Waals surface area contributed by atoms with E-state index >= 15 is 0 Å². The zero-order valence-corrected chi connectivity index (χ0v) is 42.4. The van der Waals surface area contributed by atoms with Crippen LogP contribution < -0.4 is 5.73 Å². The molecule has 70 heavy (non-hydrogen) atoms. The number of aliphatic imine (C=N–C) groups is 2. The lowest BCUT2D eigenvalue weighted by Crippen LogP contribution is -2.19. The maximum atomic E-state index is 8.41. The number of nitrogens with one attached hydrogen (secondary N) is 1. The van der Waals surface area contributed by atoms with Crippen LogP contribution in [0.4, 0.5) is 17.1 Å². The number of allylic oxidation sites excluding steroid dienone is 14. The summed E-state index contributed by atoms with van der Waals surface area (Å²) in [4.78, 5) is 10.2. The van der Waals surface area contributed by atoms with Crippen LogP contribution in [0.1, 0.15) is 89.0 Å². The number of aryl methyl sites for hydroxylation is 1. The van der Waals surface area contributed by atoms with Crippen molar-refractivity contribution in [3.63, 3.8) is 0 Å². The fraction of sp³-hybridized carbons (Fsp3) is 0.197. The monoisotopic (exact) mass is 923 g/mol. The van der Waals surface area contributed by atoms with Gasteiger partial charge in [-0.2, -0.15) is 0 Å². The molecule has 6 aromatic carbocycles. The third-order valence-electron chi connectivity index (χ3n) is 11.3. The number of nitrogens with zero attached hydrogens (tertiary/aromatic N) is 2. The summed E-state index contributed by atoms with van der Waals surface area (Å²) in [7, 11) is 0. The summed E-state index contributed by atoms with van der Waals surface area (Å²) in [5.74, 6) is 0.657. The standard InChI is InChI=1S/C37H40N2.C17H14N2.C7H8.C3H6.C2H6/c1-4-6-9-22-36(38-34-20-12-8-13-21-34)33-19-14-18-32(27-33)31(15-5-2)28-37(30-16-10-7-11-17-30)39-35-25-23-29(3)24-26-35;18-15-11-10-12-6-4-5-9-14(12)16(15)17(19)13-7-2-1-3-8-13;1-7-5-3-2-4-6-7;1-3-2;1-2/h4,6-14,16-26,31,33H,5,15,27-28H2,1-3H3;1-11,19H,18H2;2-5H,1,6H2;3H,1H2,2H3;1-2H3/b6-4-,22-9-,38-36?,39-37?;;;;. The van der Waals surface area contributed by atoms with Gasteiger partial charge in [0, 0.05) is 34.2 Å². The lowest BCUT2D eigenvalue weighted by molar-refractivity contribution is 0.539. The van der Waals surface area contributed by atoms with E-state index in [9.17, 15) is 0 Å². The van der Waals surface area contributed by atoms with E-state index in [1.165, 1.54) is 22.3 Å². The minimum absolute atomic E-state index is 0.236. The summed E-state index contributed by atoms with van der Waals surface area (Å²) < 4.78 is 0. The number of rotatable bonds is 13. The minimum atomic E-state index is 0.236. The van der Waals surface area contributed by atoms with Crippen molar-refractivity contribution in [2.24, 2.45) is 21.8 Å². The van der Waals surface area contributed by atoms with Crippen molar-refractivity contribution in [1.82, 2.24) is 0 Å². The number of hydrogen-bond donors (Lipinski definition) is 2. The van der Waals surface area contributed by atoms with Crippen LogP contribution in [0.15, 0.2) is 259 Å². The van der Waals surface area contributed by atoms with Gasteiger partial charge >= 0.3 is 0 Å². The molecule has 2 atom stereocenters. The van der Waals surface area contributed by atoms with Gasteiger partial charge in [0.1, 0.15) is 0 Å². The van der Waals surface area contributed by atoms with Gasteiger partial charge in [-0.1, -0.05) is 239 Å². The molecule has 0 amide bonds. The maximum Gasteiger partial charge on any atom is 0.0711 e. The minimum Gasteiger partial charge on any atom is -0.398 e. The summed E-state index contributed by atoms with van der Waals surface area (Å²) in [5.41, 5.74) is 18.3. The molecule has 2 unspecified atom stereocenters. The fourth-order valence-corrected chi connectivity index (χ4v) is 7.88. The van der Waals surface area contributed by atoms with Gasteiger partial charge in [0.05, 0.1) is 17.1 Å². The molecule has 4 nitrogen and oxygen atoms in total. The molecular weight excluding hydrogens is 849 g/mol. The number of hydrogen-bond acceptors (Lipinski definition) is 4. The van der Waals surface area contributed by atoms with Crippen LogP contribution >= 0.6 is 0 Å². The topological polar surface area (TPSA) is 74.6 Å². The molecule has 2 aliphatic rings. The molecule has 0 fully saturated rings. The van der Waals surface area contributed by atoms with E-state index in [4.69, 9.17) is 21.1 Å². The highest BCUT2D eigenvalue weighted by atomic mass is 14.8. The van der Waals surface area contributed by atoms with Crippen molar-refractivity contribution in [2.45, 2.75) is 73.6 Å². The van der Waals surface area contributed by atoms with Crippen molar-refractivity contribution in [1.29, 1.82) is 5.41 Å². The van der Waals surface area contributed by atoms with Crippen LogP contribution in [0, 0.1) is 24.2 Å². The zero-order valence-electron chi connectivity index (χ0n) is 42.4. The predicted molar refractivity (Wildman–Crippen MR) is 310 cm³/mol. The molecule has 0 bridgehead atoms. The molecule has 4 heteroatoms. The molecule has 2 aliphatic carbocycles. The van der Waals surface area contributed by atoms with Crippen molar-refractivity contribution in [3.05, 3.63) is 271 Å². The van der Waals surface area contributed by atoms with Crippen LogP contribution in [0.3, 0.4) is 0 Å². The van der Waals surface area contributed by atoms with E-state index < -0.39 is 0 Å². The van der Waals surface area contributed by atoms with Crippen molar-refractivity contribution < 1.29 is 0 Å². The Hall–Kier alpha value is -7.69. The summed E-state index contributed by atoms with van der Waals surface area (Å²) in [6.07, 6.45) is 30.3. The lowest BCUT2D eigenvalue weighted by atomic mass is 9.79. The normalized spacial score (nSPS) is 14.5. The van der Waals surface area contributed by atoms with Gasteiger partial charge in [0.15, 0.2) is 0 Å². The van der Waals surface area contributed by atoms with E-state index in [1.54, 1.807) is 6.08 Å². The molecule has 0 radical (unpaired) electrons. The molecule has 0 heterocycles. The van der Waals surface area contributed by atoms with E-state index in [0.29, 0.717) is 17.3 Å². The number of fused-ring (bicyclic) bond motifs is 1. The molecule has 3 N–H and O–H groups in total. The fourth-order valence-electron chi connectivity index (χ4n) is 7.88. The highest BCUT2D eigenvalue weighted by Gasteiger charge is 2.24. The van der Waals surface area contributed by atoms with E-state index in [2.05, 4.69) is 142 Å². The molecular formula is C66H74N4. The first-order chi connectivity index (χ1) is 34.2. The number of anilines is 1. The molecule has 0 saturated heterocycles. The largest absolute Gasteiger partial charge is 0.398 e. The van der Waals surface area contributed by atoms with Crippen LogP contribution in [-0.2, 0) is 0 Å². The van der Waals surface area contributed by atoms with Crippen LogP contribution in [-0.4, -0.2) is 17.1 Å². The molecule has 0 aliphatic heterocycles. The average molecular weight is 923 g/mol. The van der Waals surface area contributed by atoms with Crippen molar-refractivity contribution >= 4 is 45.0 Å². The number of nitrogens with two attached hydrogens (primary N) is 1. The first kappa shape index (κ1) is 54.9. The SMILES string of the molecule is C/C=C\C=C/C(=Nc1ccccc1)C1C=CC=C(C(CCC)CC(=Nc2ccc(C)cc2)c2ccccc2)C1.C=C1C=CC=CC1.C=CC.CC.N=C(c1ccccc1)c1c(N)ccc2ccccc12. The maximum absolute atomic E-state index is 8.41. The number of para-hydroxylation sites is 1. The van der Waals surface area contributed by atoms with Gasteiger partial charge in [0.2, 0.25) is 0 Å². The second-order valence-corrected chi connectivity index (χ2v) is 16.7. The van der Waals surface area contributed by atoms with Crippen molar-refractivity contribution in [2.75, 3.05) is 5.73 Å². The van der Waals surface area contributed by atoms with E-state index in [1.807, 2.05) is 131 Å². The van der Waals surface area contributed by atoms with Gasteiger partial charge in [-0.05, 0) is 105 Å². The zero-order chi connectivity index (χ0) is 50.4. The summed E-state index contributed by atoms with van der Waals surface area (Å²) >= 11 is 0. The third kappa shape index (κ3) is 18.1. The molecule has 358 valence electrons. The number of nitrogen functional groups attached to an aromatic ring is 1. The van der Waals surface area contributed by atoms with E-state index in [0.717, 1.165) is 76.8 Å². The highest BCUT2D eigenvalue weighted by Crippen LogP contribution is 2.34. The molecule has 0 aromatic heterocycles. The first-order valence-electron chi connectivity index (χ1n) is 24.7. The summed E-state index contributed by atoms with van der Waals surface area (Å²) in [6.45, 7) is 19.5. The highest BCUT2D eigenvalue weighted by molar-refractivity contribution is 6.21. The second-order valence-electron chi connectivity index (χ2n) is 16.7. The van der Waals surface area contributed by atoms with Crippen LogP contribution in [0.2, 0.25) is 0 Å². The molecule has 8 rings (SSSR count). The second kappa shape index (κ2) is 31.4. The Morgan fingerprint density at radius 1 is 0.743 bits per heavy atom. The quantitative estimate of drug-likeness (QED) is 0.0515. The number of benzene rings is 6. The summed E-state index contributed by atoms with van der Waals surface area (Å²) in [6, 6.07) is 51.0. The summed E-state index contributed by atoms with van der Waals surface area (Å²) in [5, 5.41) is 10.5. The van der Waals surface area contributed by atoms with Crippen molar-refractivity contribution in [3.8, 4) is 0 Å². The van der Waals surface area contributed by atoms with Gasteiger partial charge in [0.25, 0.3) is 0 Å². The Morgan fingerprint density at radius 2 is 1.36 bits per heavy atom. The van der Waals surface area contributed by atoms with Gasteiger partial charge in [-0.3, -0.25) is 15.4 Å². The Bertz CT molecular complexity index is 2780. The van der Waals surface area contributed by atoms with Crippen LogP contribution in [0.25, 0.3) is 10.8 Å². The molecule has 6 aromatic rings. The van der Waals surface area contributed by atoms with Crippen LogP contribution in [0.5, 0.6) is 0 Å². The smallest absolute Gasteiger partial charge is 0.0711 e. The first-order valence-corrected chi connectivity index (χ1v) is 24.7. The molecule has 0 saturated carbocycles.